The van der Waals surface area contributed by atoms with Gasteiger partial charge in [0.15, 0.2) is 17.5 Å². The smallest absolute Gasteiger partial charge is 0.302 e. The second kappa shape index (κ2) is 19.0. The summed E-state index contributed by atoms with van der Waals surface area (Å²) in [5.41, 5.74) is 10.6. The molecule has 8 bridgehead atoms. The number of nitrogens with one attached hydrogen (secondary N) is 1. The number of rotatable bonds is 2. The Kier molecular flexibility index (Phi) is 13.1. The maximum absolute atomic E-state index is 14.7. The van der Waals surface area contributed by atoms with Crippen LogP contribution in [0.2, 0.25) is 0 Å². The van der Waals surface area contributed by atoms with Crippen molar-refractivity contribution < 1.29 is 29.3 Å². The summed E-state index contributed by atoms with van der Waals surface area (Å²) < 4.78 is 13.1. The van der Waals surface area contributed by atoms with E-state index in [2.05, 4.69) is 75.5 Å². The molecule has 1 amide bonds. The van der Waals surface area contributed by atoms with Crippen molar-refractivity contribution in [2.24, 2.45) is 39.3 Å². The number of benzene rings is 2. The van der Waals surface area contributed by atoms with E-state index in [1.54, 1.807) is 0 Å². The molecule has 4 spiro atoms. The topological polar surface area (TPSA) is 147 Å². The monoisotopic (exact) mass is 965 g/mol. The SMILES string of the molecule is CC(=O)OC1CCc2cc(c(O)c3c2C2C=CC4(CCCC4C2)O3)CN2CC3(CC2=O)C(CCC3c2ccccc2)CN=C(N)NC2(CCCC23CCCC3)SSC2CCC(CCC(O)C1)CC2. The summed E-state index contributed by atoms with van der Waals surface area (Å²) >= 11 is 0. The van der Waals surface area contributed by atoms with E-state index in [1.165, 1.54) is 76.7 Å². The number of aliphatic imine (C=N–C) groups is 1. The normalized spacial score (nSPS) is 38.1. The van der Waals surface area contributed by atoms with Crippen molar-refractivity contribution in [3.8, 4) is 11.5 Å². The van der Waals surface area contributed by atoms with Gasteiger partial charge in [-0.15, -0.1) is 0 Å². The van der Waals surface area contributed by atoms with Gasteiger partial charge in [-0.3, -0.25) is 14.6 Å². The summed E-state index contributed by atoms with van der Waals surface area (Å²) in [6, 6.07) is 12.9. The van der Waals surface area contributed by atoms with Crippen LogP contribution in [0.1, 0.15) is 182 Å². The number of allylic oxidation sites excluding steroid dienone is 1. The van der Waals surface area contributed by atoms with E-state index in [4.69, 9.17) is 20.2 Å². The number of aliphatic hydroxyl groups is 1. The summed E-state index contributed by atoms with van der Waals surface area (Å²) in [6.07, 6.45) is 26.5. The highest BCUT2D eigenvalue weighted by Gasteiger charge is 2.59. The van der Waals surface area contributed by atoms with Gasteiger partial charge < -0.3 is 35.6 Å². The standard InChI is InChI=1S/C56H76N4O6S2/c1-36(61)65-45-18-15-39-29-41(50(64)51-49(39)40-22-28-55(66-51)26-7-11-42(55)30-40)34-60-35-54(32-48(60)63)43(16-21-47(54)38-9-3-2-4-10-38)33-58-52(57)59-56(27-8-25-53(56)23-5-6-24-53)68-67-46-19-13-37(14-20-46)12-17-44(62)31-45/h2-4,9-10,22,28-29,37,40,42-47,62,64H,5-8,11-21,23-27,30-35H2,1H3,(H3,57,58,59). The number of phenols is 1. The van der Waals surface area contributed by atoms with Crippen LogP contribution in [-0.4, -0.2) is 74.0 Å². The van der Waals surface area contributed by atoms with E-state index < -0.39 is 17.8 Å². The fourth-order valence-electron chi connectivity index (χ4n) is 15.8. The number of fused-ring (bicyclic) bond motifs is 11. The first-order valence-electron chi connectivity index (χ1n) is 26.8. The number of esters is 1. The van der Waals surface area contributed by atoms with Crippen LogP contribution in [-0.2, 0) is 27.3 Å². The molecule has 368 valence electrons. The highest BCUT2D eigenvalue weighted by Crippen LogP contribution is 2.65. The molecule has 11 aliphatic rings. The largest absolute Gasteiger partial charge is 0.504 e. The molecule has 0 aromatic heterocycles. The third-order valence-corrected chi connectivity index (χ3v) is 23.1. The summed E-state index contributed by atoms with van der Waals surface area (Å²) in [5, 5.41) is 28.6. The average molecular weight is 965 g/mol. The molecular formula is C56H76N4O6S2. The Morgan fingerprint density at radius 2 is 1.71 bits per heavy atom. The molecule has 5 N–H and O–H groups in total. The lowest BCUT2D eigenvalue weighted by Gasteiger charge is -2.45. The van der Waals surface area contributed by atoms with Crippen LogP contribution in [0.25, 0.3) is 0 Å². The number of aryl methyl sites for hydroxylation is 1. The van der Waals surface area contributed by atoms with Crippen LogP contribution in [0.4, 0.5) is 0 Å². The number of nitrogens with two attached hydrogens (primary N) is 1. The van der Waals surface area contributed by atoms with Gasteiger partial charge >= 0.3 is 5.97 Å². The van der Waals surface area contributed by atoms with Gasteiger partial charge in [-0.25, -0.2) is 0 Å². The lowest BCUT2D eigenvalue weighted by Crippen LogP contribution is -2.56. The Morgan fingerprint density at radius 1 is 0.912 bits per heavy atom. The molecule has 0 radical (unpaired) electrons. The highest BCUT2D eigenvalue weighted by molar-refractivity contribution is 8.77. The Balaban J connectivity index is 0.952. The second-order valence-electron chi connectivity index (χ2n) is 23.1. The van der Waals surface area contributed by atoms with Crippen molar-refractivity contribution >= 4 is 39.4 Å². The molecule has 6 fully saturated rings. The quantitative estimate of drug-likeness (QED) is 0.130. The zero-order valence-electron chi connectivity index (χ0n) is 40.4. The summed E-state index contributed by atoms with van der Waals surface area (Å²) in [7, 11) is 4.17. The first kappa shape index (κ1) is 47.0. The van der Waals surface area contributed by atoms with Gasteiger partial charge in [-0.1, -0.05) is 70.8 Å². The predicted molar refractivity (Wildman–Crippen MR) is 271 cm³/mol. The van der Waals surface area contributed by atoms with E-state index in [1.807, 2.05) is 4.90 Å². The van der Waals surface area contributed by atoms with Gasteiger partial charge in [-0.05, 0) is 163 Å². The fraction of sp³-hybridized carbons (Fsp3) is 0.696. The molecular weight excluding hydrogens is 889 g/mol. The molecule has 2 aromatic carbocycles. The first-order chi connectivity index (χ1) is 33.0. The molecule has 1 saturated heterocycles. The number of carbonyl (C=O) groups is 2. The zero-order valence-corrected chi connectivity index (χ0v) is 42.1. The van der Waals surface area contributed by atoms with Crippen LogP contribution >= 0.6 is 21.6 Å². The molecule has 6 aliphatic carbocycles. The molecule has 10 nitrogen and oxygen atoms in total. The summed E-state index contributed by atoms with van der Waals surface area (Å²) in [4.78, 5) is 34.5. The van der Waals surface area contributed by atoms with Gasteiger partial charge in [0.05, 0.1) is 6.10 Å². The average Bonchev–Trinajstić information content (AvgIpc) is 4.15. The molecule has 5 saturated carbocycles. The van der Waals surface area contributed by atoms with Crippen LogP contribution in [0.5, 0.6) is 11.5 Å². The summed E-state index contributed by atoms with van der Waals surface area (Å²) in [6.45, 7) is 2.90. The predicted octanol–water partition coefficient (Wildman–Crippen LogP) is 11.0. The minimum Gasteiger partial charge on any atom is -0.504 e. The lowest BCUT2D eigenvalue weighted by molar-refractivity contribution is -0.148. The van der Waals surface area contributed by atoms with E-state index in [0.29, 0.717) is 79.6 Å². The minimum absolute atomic E-state index is 0.0983. The molecule has 5 aliphatic heterocycles. The van der Waals surface area contributed by atoms with Crippen molar-refractivity contribution in [3.63, 3.8) is 0 Å². The van der Waals surface area contributed by atoms with Gasteiger partial charge in [0.2, 0.25) is 5.91 Å². The fourth-order valence-corrected chi connectivity index (χ4v) is 19.8. The number of nitrogens with zero attached hydrogens (tertiary/aromatic N) is 2. The highest BCUT2D eigenvalue weighted by atomic mass is 33.1. The Labute approximate surface area is 412 Å². The van der Waals surface area contributed by atoms with Gasteiger partial charge in [0, 0.05) is 78.4 Å². The van der Waals surface area contributed by atoms with Crippen molar-refractivity contribution in [2.45, 2.75) is 201 Å². The number of aromatic hydroxyl groups is 1. The van der Waals surface area contributed by atoms with Crippen LogP contribution < -0.4 is 15.8 Å². The van der Waals surface area contributed by atoms with Crippen molar-refractivity contribution in [1.82, 2.24) is 10.2 Å². The Hall–Kier alpha value is -3.35. The summed E-state index contributed by atoms with van der Waals surface area (Å²) in [5.74, 6) is 2.46. The zero-order chi connectivity index (χ0) is 46.7. The van der Waals surface area contributed by atoms with Crippen molar-refractivity contribution in [1.29, 1.82) is 0 Å². The number of amides is 1. The van der Waals surface area contributed by atoms with E-state index in [9.17, 15) is 19.8 Å². The van der Waals surface area contributed by atoms with Gasteiger partial charge in [0.25, 0.3) is 0 Å². The number of aliphatic hydroxyl groups excluding tert-OH is 1. The van der Waals surface area contributed by atoms with Crippen LogP contribution in [0.3, 0.4) is 0 Å². The number of hydrogen-bond donors (Lipinski definition) is 4. The number of guanidine groups is 1. The van der Waals surface area contributed by atoms with Gasteiger partial charge in [-0.2, -0.15) is 0 Å². The van der Waals surface area contributed by atoms with Crippen LogP contribution in [0, 0.1) is 28.6 Å². The Bertz CT molecular complexity index is 2260. The first-order valence-corrected chi connectivity index (χ1v) is 29.0. The van der Waals surface area contributed by atoms with E-state index >= 15 is 0 Å². The molecule has 9 unspecified atom stereocenters. The second-order valence-corrected chi connectivity index (χ2v) is 25.9. The van der Waals surface area contributed by atoms with Crippen molar-refractivity contribution in [2.75, 3.05) is 13.1 Å². The number of ether oxygens (including phenoxy) is 2. The minimum atomic E-state index is -0.566. The molecule has 12 heteroatoms. The molecule has 9 atom stereocenters. The van der Waals surface area contributed by atoms with Crippen molar-refractivity contribution in [3.05, 3.63) is 70.8 Å². The number of carbonyl (C=O) groups excluding carboxylic acids is 2. The van der Waals surface area contributed by atoms with Crippen LogP contribution in [0.15, 0.2) is 53.5 Å². The molecule has 5 heterocycles. The van der Waals surface area contributed by atoms with E-state index in [0.717, 1.165) is 62.5 Å². The number of phenolic OH excluding ortho intramolecular Hbond substituents is 1. The maximum atomic E-state index is 14.7. The molecule has 2 aromatic rings. The number of hydrogen-bond acceptors (Lipinski definition) is 11. The third kappa shape index (κ3) is 8.68. The van der Waals surface area contributed by atoms with Gasteiger partial charge in [0.1, 0.15) is 16.6 Å². The van der Waals surface area contributed by atoms with E-state index in [-0.39, 0.29) is 57.6 Å². The molecule has 13 rings (SSSR count). The maximum Gasteiger partial charge on any atom is 0.302 e. The third-order valence-electron chi connectivity index (χ3n) is 19.3. The molecule has 68 heavy (non-hydrogen) atoms. The Morgan fingerprint density at radius 3 is 2.51 bits per heavy atom. The lowest BCUT2D eigenvalue weighted by atomic mass is 9.68.